The van der Waals surface area contributed by atoms with E-state index in [0.29, 0.717) is 25.6 Å². The minimum absolute atomic E-state index is 0.0440. The number of nitrogens with zero attached hydrogens (tertiary/aromatic N) is 3. The summed E-state index contributed by atoms with van der Waals surface area (Å²) < 4.78 is 6.95. The van der Waals surface area contributed by atoms with E-state index in [2.05, 4.69) is 4.98 Å². The Bertz CT molecular complexity index is 458. The van der Waals surface area contributed by atoms with Crippen molar-refractivity contribution in [2.75, 3.05) is 31.3 Å². The lowest BCUT2D eigenvalue weighted by atomic mass is 10.2. The molecule has 0 bridgehead atoms. The first kappa shape index (κ1) is 13.0. The lowest BCUT2D eigenvalue weighted by molar-refractivity contribution is 0.0720. The van der Waals surface area contributed by atoms with Crippen LogP contribution in [0.15, 0.2) is 17.2 Å². The van der Waals surface area contributed by atoms with Crippen LogP contribution in [0.25, 0.3) is 0 Å². The zero-order valence-electron chi connectivity index (χ0n) is 10.7. The zero-order chi connectivity index (χ0) is 13.1. The van der Waals surface area contributed by atoms with Gasteiger partial charge < -0.3 is 19.3 Å². The van der Waals surface area contributed by atoms with Gasteiger partial charge >= 0.3 is 0 Å². The predicted molar refractivity (Wildman–Crippen MR) is 67.9 cm³/mol. The van der Waals surface area contributed by atoms with Crippen molar-refractivity contribution >= 4 is 5.82 Å². The fourth-order valence-electron chi connectivity index (χ4n) is 2.10. The van der Waals surface area contributed by atoms with Crippen LogP contribution < -0.4 is 10.5 Å². The van der Waals surface area contributed by atoms with E-state index in [1.807, 2.05) is 18.7 Å². The molecular formula is C12H19N3O3. The molecular weight excluding hydrogens is 234 g/mol. The van der Waals surface area contributed by atoms with Crippen molar-refractivity contribution in [3.05, 3.63) is 22.7 Å². The van der Waals surface area contributed by atoms with Crippen LogP contribution >= 0.6 is 0 Å². The Hall–Kier alpha value is -1.40. The van der Waals surface area contributed by atoms with Crippen molar-refractivity contribution in [3.63, 3.8) is 0 Å². The molecule has 1 atom stereocenters. The minimum atomic E-state index is -0.193. The third kappa shape index (κ3) is 2.39. The molecule has 1 aromatic heterocycles. The van der Waals surface area contributed by atoms with E-state index in [4.69, 9.17) is 4.74 Å². The van der Waals surface area contributed by atoms with Crippen LogP contribution in [0.1, 0.15) is 19.9 Å². The number of rotatable bonds is 3. The number of morpholine rings is 1. The number of hydrogen-bond donors (Lipinski definition) is 1. The van der Waals surface area contributed by atoms with E-state index in [1.165, 1.54) is 0 Å². The van der Waals surface area contributed by atoms with Crippen LogP contribution in [0.5, 0.6) is 0 Å². The lowest BCUT2D eigenvalue weighted by Crippen LogP contribution is -2.50. The number of anilines is 1. The van der Waals surface area contributed by atoms with Crippen molar-refractivity contribution in [1.82, 2.24) is 9.55 Å². The summed E-state index contributed by atoms with van der Waals surface area (Å²) in [6.07, 6.45) is 3.31. The number of ether oxygens (including phenoxy) is 1. The molecule has 0 spiro atoms. The molecule has 1 aliphatic heterocycles. The van der Waals surface area contributed by atoms with E-state index in [1.54, 1.807) is 17.0 Å². The Morgan fingerprint density at radius 1 is 1.61 bits per heavy atom. The molecule has 2 heterocycles. The van der Waals surface area contributed by atoms with Gasteiger partial charge in [0.05, 0.1) is 25.9 Å². The summed E-state index contributed by atoms with van der Waals surface area (Å²) in [5, 5.41) is 9.33. The van der Waals surface area contributed by atoms with Gasteiger partial charge in [0, 0.05) is 25.0 Å². The summed E-state index contributed by atoms with van der Waals surface area (Å²) in [5.41, 5.74) is -0.118. The molecule has 0 radical (unpaired) electrons. The van der Waals surface area contributed by atoms with Gasteiger partial charge in [0.2, 0.25) is 0 Å². The maximum atomic E-state index is 12.3. The lowest BCUT2D eigenvalue weighted by Gasteiger charge is -2.35. The van der Waals surface area contributed by atoms with Gasteiger partial charge in [-0.1, -0.05) is 0 Å². The van der Waals surface area contributed by atoms with Crippen LogP contribution in [0.3, 0.4) is 0 Å². The molecule has 100 valence electrons. The number of aromatic nitrogens is 2. The van der Waals surface area contributed by atoms with E-state index >= 15 is 0 Å². The summed E-state index contributed by atoms with van der Waals surface area (Å²) >= 11 is 0. The van der Waals surface area contributed by atoms with Crippen molar-refractivity contribution in [2.45, 2.75) is 25.9 Å². The molecule has 1 aromatic rings. The molecule has 18 heavy (non-hydrogen) atoms. The summed E-state index contributed by atoms with van der Waals surface area (Å²) in [4.78, 5) is 18.3. The predicted octanol–water partition coefficient (Wildman–Crippen LogP) is 0.0217. The normalized spacial score (nSPS) is 20.4. The summed E-state index contributed by atoms with van der Waals surface area (Å²) in [6, 6.07) is -0.102. The highest BCUT2D eigenvalue weighted by Crippen LogP contribution is 2.13. The smallest absolute Gasteiger partial charge is 0.293 e. The Kier molecular flexibility index (Phi) is 3.98. The molecule has 2 rings (SSSR count). The van der Waals surface area contributed by atoms with Crippen molar-refractivity contribution in [1.29, 1.82) is 0 Å². The van der Waals surface area contributed by atoms with Crippen LogP contribution in [-0.2, 0) is 4.74 Å². The second-order valence-electron chi connectivity index (χ2n) is 4.66. The highest BCUT2D eigenvalue weighted by atomic mass is 16.5. The monoisotopic (exact) mass is 253 g/mol. The molecule has 1 unspecified atom stereocenters. The van der Waals surface area contributed by atoms with Gasteiger partial charge in [0.1, 0.15) is 0 Å². The third-order valence-electron chi connectivity index (χ3n) is 3.12. The zero-order valence-corrected chi connectivity index (χ0v) is 10.7. The van der Waals surface area contributed by atoms with E-state index in [0.717, 1.165) is 0 Å². The first-order chi connectivity index (χ1) is 8.65. The molecule has 1 fully saturated rings. The van der Waals surface area contributed by atoms with E-state index < -0.39 is 0 Å². The standard InChI is InChI=1S/C12H19N3O3/c1-9(2)14-4-3-13-11(12(14)17)15-5-6-18-8-10(15)7-16/h3-4,9-10,16H,5-8H2,1-2H3. The van der Waals surface area contributed by atoms with Crippen LogP contribution in [0.4, 0.5) is 5.82 Å². The maximum Gasteiger partial charge on any atom is 0.293 e. The number of aliphatic hydroxyl groups is 1. The summed E-state index contributed by atoms with van der Waals surface area (Å²) in [7, 11) is 0. The summed E-state index contributed by atoms with van der Waals surface area (Å²) in [5.74, 6) is 0.397. The van der Waals surface area contributed by atoms with E-state index in [9.17, 15) is 9.90 Å². The van der Waals surface area contributed by atoms with Gasteiger partial charge in [-0.3, -0.25) is 4.79 Å². The highest BCUT2D eigenvalue weighted by Gasteiger charge is 2.26. The quantitative estimate of drug-likeness (QED) is 0.822. The summed E-state index contributed by atoms with van der Waals surface area (Å²) in [6.45, 7) is 5.41. The van der Waals surface area contributed by atoms with Crippen LogP contribution in [0.2, 0.25) is 0 Å². The molecule has 0 aliphatic carbocycles. The fourth-order valence-corrected chi connectivity index (χ4v) is 2.10. The topological polar surface area (TPSA) is 67.6 Å². The minimum Gasteiger partial charge on any atom is -0.394 e. The Morgan fingerprint density at radius 2 is 2.39 bits per heavy atom. The SMILES string of the molecule is CC(C)n1ccnc(N2CCOCC2CO)c1=O. The van der Waals surface area contributed by atoms with Gasteiger partial charge in [-0.15, -0.1) is 0 Å². The maximum absolute atomic E-state index is 12.3. The Morgan fingerprint density at radius 3 is 3.06 bits per heavy atom. The van der Waals surface area contributed by atoms with Gasteiger partial charge in [0.15, 0.2) is 5.82 Å². The molecule has 0 amide bonds. The second-order valence-corrected chi connectivity index (χ2v) is 4.66. The fraction of sp³-hybridized carbons (Fsp3) is 0.667. The molecule has 1 aliphatic rings. The Labute approximate surface area is 106 Å². The average molecular weight is 253 g/mol. The van der Waals surface area contributed by atoms with Crippen molar-refractivity contribution in [2.24, 2.45) is 0 Å². The first-order valence-electron chi connectivity index (χ1n) is 6.17. The van der Waals surface area contributed by atoms with Crippen molar-refractivity contribution < 1.29 is 9.84 Å². The molecule has 1 N–H and O–H groups in total. The number of aliphatic hydroxyl groups excluding tert-OH is 1. The molecule has 6 heteroatoms. The second kappa shape index (κ2) is 5.49. The van der Waals surface area contributed by atoms with Crippen LogP contribution in [0, 0.1) is 0 Å². The average Bonchev–Trinajstić information content (AvgIpc) is 2.38. The van der Waals surface area contributed by atoms with E-state index in [-0.39, 0.29) is 24.2 Å². The van der Waals surface area contributed by atoms with Crippen molar-refractivity contribution in [3.8, 4) is 0 Å². The Balaban J connectivity index is 2.38. The molecule has 0 aromatic carbocycles. The molecule has 6 nitrogen and oxygen atoms in total. The third-order valence-corrected chi connectivity index (χ3v) is 3.12. The molecule has 1 saturated heterocycles. The van der Waals surface area contributed by atoms with Gasteiger partial charge in [-0.25, -0.2) is 4.98 Å². The number of hydrogen-bond acceptors (Lipinski definition) is 5. The highest BCUT2D eigenvalue weighted by molar-refractivity contribution is 5.38. The van der Waals surface area contributed by atoms with Gasteiger partial charge in [-0.2, -0.15) is 0 Å². The van der Waals surface area contributed by atoms with Gasteiger partial charge in [-0.05, 0) is 13.8 Å². The van der Waals surface area contributed by atoms with Gasteiger partial charge in [0.25, 0.3) is 5.56 Å². The van der Waals surface area contributed by atoms with Crippen LogP contribution in [-0.4, -0.2) is 47.1 Å². The largest absolute Gasteiger partial charge is 0.394 e. The molecule has 0 saturated carbocycles. The first-order valence-corrected chi connectivity index (χ1v) is 6.17.